The summed E-state index contributed by atoms with van der Waals surface area (Å²) in [7, 11) is 0. The third-order valence-corrected chi connectivity index (χ3v) is 2.43. The minimum Gasteiger partial charge on any atom is -0.376 e. The molecule has 0 spiro atoms. The molecule has 1 saturated heterocycles. The van der Waals surface area contributed by atoms with Crippen molar-refractivity contribution in [3.05, 3.63) is 0 Å². The Hall–Kier alpha value is -0.850. The molecule has 0 aromatic carbocycles. The Morgan fingerprint density at radius 2 is 2.00 bits per heavy atom. The van der Waals surface area contributed by atoms with E-state index in [-0.39, 0.29) is 6.54 Å². The second kappa shape index (κ2) is 3.72. The van der Waals surface area contributed by atoms with Crippen LogP contribution in [0.3, 0.4) is 0 Å². The highest BCUT2D eigenvalue weighted by Gasteiger charge is 2.43. The van der Waals surface area contributed by atoms with Crippen LogP contribution >= 0.6 is 0 Å². The minimum absolute atomic E-state index is 0.264. The molecule has 14 heavy (non-hydrogen) atoms. The molecule has 0 aromatic rings. The van der Waals surface area contributed by atoms with Crippen molar-refractivity contribution in [2.24, 2.45) is 5.41 Å². The SMILES string of the molecule is CC1(C)CN(CO)C(=O)N(CO)C1O. The Bertz CT molecular complexity index is 231. The van der Waals surface area contributed by atoms with E-state index in [9.17, 15) is 9.90 Å². The smallest absolute Gasteiger partial charge is 0.325 e. The third-order valence-electron chi connectivity index (χ3n) is 2.43. The molecule has 1 unspecified atom stereocenters. The number of aliphatic hydroxyl groups is 3. The fraction of sp³-hybridized carbons (Fsp3) is 0.875. The summed E-state index contributed by atoms with van der Waals surface area (Å²) in [6, 6.07) is -0.554. The Morgan fingerprint density at radius 3 is 2.43 bits per heavy atom. The number of rotatable bonds is 2. The zero-order chi connectivity index (χ0) is 10.9. The van der Waals surface area contributed by atoms with E-state index in [1.54, 1.807) is 13.8 Å². The van der Waals surface area contributed by atoms with Crippen molar-refractivity contribution in [3.63, 3.8) is 0 Å². The van der Waals surface area contributed by atoms with Crippen molar-refractivity contribution in [1.29, 1.82) is 0 Å². The van der Waals surface area contributed by atoms with Gasteiger partial charge in [-0.3, -0.25) is 4.90 Å². The third kappa shape index (κ3) is 1.68. The van der Waals surface area contributed by atoms with Gasteiger partial charge in [0.15, 0.2) is 0 Å². The molecule has 1 heterocycles. The lowest BCUT2D eigenvalue weighted by Gasteiger charge is -2.46. The van der Waals surface area contributed by atoms with Crippen LogP contribution in [0.25, 0.3) is 0 Å². The maximum Gasteiger partial charge on any atom is 0.325 e. The molecule has 0 radical (unpaired) electrons. The van der Waals surface area contributed by atoms with Crippen LogP contribution in [-0.4, -0.2) is 57.4 Å². The van der Waals surface area contributed by atoms with Crippen molar-refractivity contribution in [2.45, 2.75) is 20.1 Å². The van der Waals surface area contributed by atoms with Gasteiger partial charge in [-0.25, -0.2) is 4.79 Å². The van der Waals surface area contributed by atoms with Crippen molar-refractivity contribution in [2.75, 3.05) is 20.0 Å². The first-order chi connectivity index (χ1) is 6.44. The normalized spacial score (nSPS) is 26.9. The number of amides is 2. The molecule has 1 aliphatic heterocycles. The molecule has 6 heteroatoms. The van der Waals surface area contributed by atoms with Crippen LogP contribution in [0, 0.1) is 5.41 Å². The molecular weight excluding hydrogens is 188 g/mol. The number of carbonyl (C=O) groups is 1. The van der Waals surface area contributed by atoms with Crippen LogP contribution < -0.4 is 0 Å². The van der Waals surface area contributed by atoms with Crippen LogP contribution in [0.15, 0.2) is 0 Å². The van der Waals surface area contributed by atoms with Gasteiger partial charge < -0.3 is 20.2 Å². The largest absolute Gasteiger partial charge is 0.376 e. The molecule has 1 atom stereocenters. The lowest BCUT2D eigenvalue weighted by atomic mass is 9.88. The Labute approximate surface area is 82.4 Å². The maximum absolute atomic E-state index is 11.5. The van der Waals surface area contributed by atoms with Crippen molar-refractivity contribution < 1.29 is 20.1 Å². The Morgan fingerprint density at radius 1 is 1.43 bits per heavy atom. The standard InChI is InChI=1S/C8H16N2O4/c1-8(2)3-9(4-11)7(14)10(5-12)6(8)13/h6,11-13H,3-5H2,1-2H3. The number of carbonyl (C=O) groups excluding carboxylic acids is 1. The van der Waals surface area contributed by atoms with E-state index in [2.05, 4.69) is 0 Å². The van der Waals surface area contributed by atoms with Crippen LogP contribution in [0.1, 0.15) is 13.8 Å². The highest BCUT2D eigenvalue weighted by molar-refractivity contribution is 5.75. The molecule has 0 bridgehead atoms. The second-order valence-corrected chi connectivity index (χ2v) is 4.10. The lowest BCUT2D eigenvalue weighted by molar-refractivity contribution is -0.127. The van der Waals surface area contributed by atoms with Crippen LogP contribution in [0.4, 0.5) is 4.79 Å². The minimum atomic E-state index is -1.03. The van der Waals surface area contributed by atoms with E-state index < -0.39 is 31.1 Å². The Kier molecular flexibility index (Phi) is 2.98. The van der Waals surface area contributed by atoms with E-state index in [0.717, 1.165) is 4.90 Å². The summed E-state index contributed by atoms with van der Waals surface area (Å²) in [6.45, 7) is 2.82. The number of hydrogen-bond acceptors (Lipinski definition) is 4. The molecule has 6 nitrogen and oxygen atoms in total. The highest BCUT2D eigenvalue weighted by atomic mass is 16.3. The van der Waals surface area contributed by atoms with Crippen molar-refractivity contribution >= 4 is 6.03 Å². The molecule has 82 valence electrons. The average molecular weight is 204 g/mol. The summed E-state index contributed by atoms with van der Waals surface area (Å²) < 4.78 is 0. The quantitative estimate of drug-likeness (QED) is 0.537. The van der Waals surface area contributed by atoms with E-state index in [1.807, 2.05) is 0 Å². The molecule has 0 aliphatic carbocycles. The van der Waals surface area contributed by atoms with Gasteiger partial charge in [-0.15, -0.1) is 0 Å². The predicted molar refractivity (Wildman–Crippen MR) is 47.9 cm³/mol. The monoisotopic (exact) mass is 204 g/mol. The van der Waals surface area contributed by atoms with Gasteiger partial charge in [0.2, 0.25) is 0 Å². The van der Waals surface area contributed by atoms with Gasteiger partial charge in [0.05, 0.1) is 0 Å². The number of hydrogen-bond donors (Lipinski definition) is 3. The number of aliphatic hydroxyl groups excluding tert-OH is 3. The summed E-state index contributed by atoms with van der Waals surface area (Å²) >= 11 is 0. The first kappa shape index (κ1) is 11.2. The van der Waals surface area contributed by atoms with Gasteiger partial charge in [-0.1, -0.05) is 13.8 Å². The fourth-order valence-corrected chi connectivity index (χ4v) is 1.60. The molecular formula is C8H16N2O4. The first-order valence-electron chi connectivity index (χ1n) is 4.39. The van der Waals surface area contributed by atoms with Gasteiger partial charge in [0, 0.05) is 12.0 Å². The van der Waals surface area contributed by atoms with Crippen LogP contribution in [0.5, 0.6) is 0 Å². The van der Waals surface area contributed by atoms with Crippen molar-refractivity contribution in [1.82, 2.24) is 9.80 Å². The van der Waals surface area contributed by atoms with E-state index in [1.165, 1.54) is 4.90 Å². The summed E-state index contributed by atoms with van der Waals surface area (Å²) in [5.74, 6) is 0. The zero-order valence-electron chi connectivity index (χ0n) is 8.34. The summed E-state index contributed by atoms with van der Waals surface area (Å²) in [4.78, 5) is 13.5. The lowest BCUT2D eigenvalue weighted by Crippen LogP contribution is -2.62. The Balaban J connectivity index is 2.89. The van der Waals surface area contributed by atoms with Crippen LogP contribution in [0.2, 0.25) is 0 Å². The summed E-state index contributed by atoms with van der Waals surface area (Å²) in [6.07, 6.45) is -1.03. The number of urea groups is 1. The van der Waals surface area contributed by atoms with Gasteiger partial charge in [0.25, 0.3) is 0 Å². The van der Waals surface area contributed by atoms with Gasteiger partial charge >= 0.3 is 6.03 Å². The molecule has 0 aromatic heterocycles. The topological polar surface area (TPSA) is 84.2 Å². The zero-order valence-corrected chi connectivity index (χ0v) is 8.34. The van der Waals surface area contributed by atoms with E-state index in [0.29, 0.717) is 0 Å². The molecule has 0 saturated carbocycles. The van der Waals surface area contributed by atoms with E-state index in [4.69, 9.17) is 10.2 Å². The van der Waals surface area contributed by atoms with Gasteiger partial charge in [-0.05, 0) is 0 Å². The van der Waals surface area contributed by atoms with Gasteiger partial charge in [0.1, 0.15) is 19.7 Å². The molecule has 2 amide bonds. The molecule has 1 rings (SSSR count). The highest BCUT2D eigenvalue weighted by Crippen LogP contribution is 2.29. The van der Waals surface area contributed by atoms with Crippen molar-refractivity contribution in [3.8, 4) is 0 Å². The fourth-order valence-electron chi connectivity index (χ4n) is 1.60. The van der Waals surface area contributed by atoms with Crippen LogP contribution in [-0.2, 0) is 0 Å². The van der Waals surface area contributed by atoms with Gasteiger partial charge in [-0.2, -0.15) is 0 Å². The predicted octanol–water partition coefficient (Wildman–Crippen LogP) is -1.03. The van der Waals surface area contributed by atoms with E-state index >= 15 is 0 Å². The molecule has 1 aliphatic rings. The second-order valence-electron chi connectivity index (χ2n) is 4.10. The maximum atomic E-state index is 11.5. The summed E-state index contributed by atoms with van der Waals surface area (Å²) in [5, 5.41) is 27.5. The number of nitrogens with zero attached hydrogens (tertiary/aromatic N) is 2. The first-order valence-corrected chi connectivity index (χ1v) is 4.39. The average Bonchev–Trinajstić information content (AvgIpc) is 2.13. The molecule has 1 fully saturated rings. The summed E-state index contributed by atoms with van der Waals surface area (Å²) in [5.41, 5.74) is -0.570. The molecule has 3 N–H and O–H groups in total.